The molecular weight excluding hydrogens is 544 g/mol. The van der Waals surface area contributed by atoms with E-state index in [1.165, 1.54) is 0 Å². The van der Waals surface area contributed by atoms with Gasteiger partial charge in [0, 0.05) is 18.7 Å². The van der Waals surface area contributed by atoms with E-state index in [0.717, 1.165) is 21.9 Å². The molecule has 14 nitrogen and oxygen atoms in total. The molecule has 8 N–H and O–H groups in total. The van der Waals surface area contributed by atoms with Crippen LogP contribution in [0.5, 0.6) is 5.75 Å². The highest BCUT2D eigenvalue weighted by Crippen LogP contribution is 2.22. The topological polar surface area (TPSA) is 216 Å². The zero-order valence-electron chi connectivity index (χ0n) is 23.3. The number of carbonyl (C=O) groups excluding carboxylic acids is 3. The Bertz CT molecular complexity index is 1460. The Hall–Kier alpha value is -5.40. The van der Waals surface area contributed by atoms with Gasteiger partial charge in [-0.3, -0.25) is 9.59 Å². The number of hydrazone groups is 1. The lowest BCUT2D eigenvalue weighted by Gasteiger charge is -2.22. The number of amides is 4. The van der Waals surface area contributed by atoms with Crippen LogP contribution in [0.25, 0.3) is 10.8 Å². The number of guanidine groups is 1. The molecule has 222 valence electrons. The van der Waals surface area contributed by atoms with Crippen molar-refractivity contribution in [2.45, 2.75) is 38.4 Å². The van der Waals surface area contributed by atoms with Gasteiger partial charge in [-0.15, -0.1) is 0 Å². The maximum Gasteiger partial charge on any atom is 0.312 e. The van der Waals surface area contributed by atoms with Gasteiger partial charge in [-0.05, 0) is 65.9 Å². The number of carbonyl (C=O) groups is 3. The van der Waals surface area contributed by atoms with Gasteiger partial charge in [0.25, 0.3) is 11.9 Å². The van der Waals surface area contributed by atoms with Gasteiger partial charge in [0.15, 0.2) is 5.03 Å². The highest BCUT2D eigenvalue weighted by molar-refractivity contribution is 6.01. The summed E-state index contributed by atoms with van der Waals surface area (Å²) in [6, 6.07) is 16.0. The molecular formula is C28H34N8O6. The quantitative estimate of drug-likeness (QED) is 0.0577. The first kappa shape index (κ1) is 31.1. The van der Waals surface area contributed by atoms with Gasteiger partial charge in [0.05, 0.1) is 13.2 Å². The smallest absolute Gasteiger partial charge is 0.312 e. The number of rotatable bonds is 13. The molecule has 3 aromatic carbocycles. The fourth-order valence-corrected chi connectivity index (χ4v) is 4.16. The number of fused-ring (bicyclic) bond motifs is 1. The van der Waals surface area contributed by atoms with E-state index < -0.39 is 35.0 Å². The predicted molar refractivity (Wildman–Crippen MR) is 157 cm³/mol. The predicted octanol–water partition coefficient (Wildman–Crippen LogP) is 1.87. The van der Waals surface area contributed by atoms with Gasteiger partial charge in [-0.1, -0.05) is 36.4 Å². The normalized spacial score (nSPS) is 12.6. The van der Waals surface area contributed by atoms with E-state index in [9.17, 15) is 24.5 Å². The summed E-state index contributed by atoms with van der Waals surface area (Å²) in [6.07, 6.45) is 0.561. The Kier molecular flexibility index (Phi) is 11.0. The average Bonchev–Trinajstić information content (AvgIpc) is 2.96. The number of nitrogens with one attached hydrogen (secondary N) is 4. The van der Waals surface area contributed by atoms with Gasteiger partial charge >= 0.3 is 6.03 Å². The molecule has 14 heteroatoms. The van der Waals surface area contributed by atoms with E-state index in [2.05, 4.69) is 26.4 Å². The van der Waals surface area contributed by atoms with Crippen LogP contribution < -0.4 is 37.5 Å². The molecule has 4 amide bonds. The molecule has 0 saturated carbocycles. The molecule has 42 heavy (non-hydrogen) atoms. The number of nitrogens with two attached hydrogens (primary N) is 2. The molecule has 0 aromatic heterocycles. The van der Waals surface area contributed by atoms with Crippen molar-refractivity contribution in [2.24, 2.45) is 16.6 Å². The first-order valence-electron chi connectivity index (χ1n) is 13.1. The largest absolute Gasteiger partial charge is 0.497 e. The summed E-state index contributed by atoms with van der Waals surface area (Å²) in [6.45, 7) is 2.27. The van der Waals surface area contributed by atoms with Crippen LogP contribution in [-0.4, -0.2) is 48.5 Å². The molecule has 0 fully saturated rings. The van der Waals surface area contributed by atoms with Crippen LogP contribution in [0.3, 0.4) is 0 Å². The Morgan fingerprint density at radius 3 is 2.33 bits per heavy atom. The minimum Gasteiger partial charge on any atom is -0.497 e. The molecule has 0 saturated heterocycles. The average molecular weight is 579 g/mol. The Morgan fingerprint density at radius 1 is 0.976 bits per heavy atom. The fourth-order valence-electron chi connectivity index (χ4n) is 4.16. The van der Waals surface area contributed by atoms with E-state index in [1.807, 2.05) is 36.4 Å². The summed E-state index contributed by atoms with van der Waals surface area (Å²) in [7, 11) is 1.58. The van der Waals surface area contributed by atoms with Crippen LogP contribution in [0.15, 0.2) is 65.8 Å². The number of ether oxygens (including phenoxy) is 1. The van der Waals surface area contributed by atoms with Gasteiger partial charge < -0.3 is 37.5 Å². The van der Waals surface area contributed by atoms with E-state index in [1.54, 1.807) is 38.3 Å². The second-order valence-electron chi connectivity index (χ2n) is 9.44. The van der Waals surface area contributed by atoms with Crippen LogP contribution in [0, 0.1) is 10.1 Å². The SMILES string of the molecule is COc1ccc2cc(C(=O)N[C@H](CCCN/C(N)=N\[N+](=O)[O-])C(=O)NC(C)c3ccc(CNC(N)=O)cc3)ccc2c1. The number of nitro groups is 1. The molecule has 3 rings (SSSR count). The zero-order chi connectivity index (χ0) is 30.6. The summed E-state index contributed by atoms with van der Waals surface area (Å²) in [4.78, 5) is 48.0. The Morgan fingerprint density at radius 2 is 1.67 bits per heavy atom. The lowest BCUT2D eigenvalue weighted by molar-refractivity contribution is -0.485. The minimum absolute atomic E-state index is 0.191. The van der Waals surface area contributed by atoms with Crippen molar-refractivity contribution < 1.29 is 24.2 Å². The number of urea groups is 1. The van der Waals surface area contributed by atoms with E-state index in [-0.39, 0.29) is 25.5 Å². The lowest BCUT2D eigenvalue weighted by atomic mass is 10.0. The maximum atomic E-state index is 13.3. The van der Waals surface area contributed by atoms with Crippen LogP contribution in [0.1, 0.15) is 47.3 Å². The summed E-state index contributed by atoms with van der Waals surface area (Å²) in [5, 5.41) is 25.1. The summed E-state index contributed by atoms with van der Waals surface area (Å²) in [5.41, 5.74) is 12.6. The first-order chi connectivity index (χ1) is 20.0. The molecule has 0 radical (unpaired) electrons. The first-order valence-corrected chi connectivity index (χ1v) is 13.1. The Balaban J connectivity index is 1.70. The fraction of sp³-hybridized carbons (Fsp3) is 0.286. The standard InChI is InChI=1S/C28H34N8O6/c1-17(19-7-5-18(6-8-19)16-32-28(30)39)33-26(38)24(4-3-13-31-27(29)35-36(40)41)34-25(37)22-10-9-21-15-23(42-2)12-11-20(21)14-22/h5-12,14-15,17,24H,3-4,13,16H2,1-2H3,(H,33,38)(H,34,37)(H3,29,31,35)(H3,30,32,39)/t17?,24-/m1/s1. The van der Waals surface area contributed by atoms with Crippen LogP contribution in [0.2, 0.25) is 0 Å². The van der Waals surface area contributed by atoms with Gasteiger partial charge in [-0.25, -0.2) is 14.9 Å². The number of benzene rings is 3. The van der Waals surface area contributed by atoms with Crippen LogP contribution >= 0.6 is 0 Å². The van der Waals surface area contributed by atoms with E-state index in [4.69, 9.17) is 16.2 Å². The van der Waals surface area contributed by atoms with E-state index >= 15 is 0 Å². The van der Waals surface area contributed by atoms with Crippen molar-refractivity contribution in [1.82, 2.24) is 21.3 Å². The van der Waals surface area contributed by atoms with Crippen molar-refractivity contribution in [3.05, 3.63) is 87.5 Å². The van der Waals surface area contributed by atoms with E-state index in [0.29, 0.717) is 17.7 Å². The number of hydrogen-bond donors (Lipinski definition) is 6. The second kappa shape index (κ2) is 14.8. The van der Waals surface area contributed by atoms with Crippen molar-refractivity contribution in [1.29, 1.82) is 0 Å². The number of nitrogens with zero attached hydrogens (tertiary/aromatic N) is 2. The van der Waals surface area contributed by atoms with Crippen LogP contribution in [0.4, 0.5) is 4.79 Å². The molecule has 0 spiro atoms. The Labute approximate surface area is 242 Å². The maximum absolute atomic E-state index is 13.3. The molecule has 2 atom stereocenters. The van der Waals surface area contributed by atoms with Crippen molar-refractivity contribution in [3.63, 3.8) is 0 Å². The van der Waals surface area contributed by atoms with Crippen molar-refractivity contribution in [3.8, 4) is 5.75 Å². The summed E-state index contributed by atoms with van der Waals surface area (Å²) < 4.78 is 5.25. The number of hydrogen-bond acceptors (Lipinski definition) is 6. The highest BCUT2D eigenvalue weighted by atomic mass is 16.7. The third kappa shape index (κ3) is 9.36. The van der Waals surface area contributed by atoms with Crippen molar-refractivity contribution >= 4 is 34.6 Å². The zero-order valence-corrected chi connectivity index (χ0v) is 23.3. The molecule has 0 bridgehead atoms. The highest BCUT2D eigenvalue weighted by Gasteiger charge is 2.23. The second-order valence-corrected chi connectivity index (χ2v) is 9.44. The third-order valence-corrected chi connectivity index (χ3v) is 6.40. The molecule has 0 heterocycles. The van der Waals surface area contributed by atoms with Crippen LogP contribution in [-0.2, 0) is 11.3 Å². The van der Waals surface area contributed by atoms with Crippen molar-refractivity contribution in [2.75, 3.05) is 13.7 Å². The molecule has 0 aliphatic rings. The molecule has 0 aliphatic heterocycles. The number of primary amides is 1. The monoisotopic (exact) mass is 578 g/mol. The van der Waals surface area contributed by atoms with Gasteiger partial charge in [0.2, 0.25) is 5.91 Å². The number of methoxy groups -OCH3 is 1. The lowest BCUT2D eigenvalue weighted by Crippen LogP contribution is -2.47. The minimum atomic E-state index is -0.916. The molecule has 1 unspecified atom stereocenters. The molecule has 3 aromatic rings. The summed E-state index contributed by atoms with van der Waals surface area (Å²) in [5.74, 6) is -0.511. The van der Waals surface area contributed by atoms with Gasteiger partial charge in [0.1, 0.15) is 16.9 Å². The molecule has 0 aliphatic carbocycles. The summed E-state index contributed by atoms with van der Waals surface area (Å²) >= 11 is 0. The third-order valence-electron chi connectivity index (χ3n) is 6.40. The van der Waals surface area contributed by atoms with Gasteiger partial charge in [-0.2, -0.15) is 0 Å².